The molecule has 3 heterocycles. The normalized spacial score (nSPS) is 19.4. The van der Waals surface area contributed by atoms with Gasteiger partial charge in [0.25, 0.3) is 5.91 Å². The van der Waals surface area contributed by atoms with Crippen molar-refractivity contribution in [1.82, 2.24) is 30.2 Å². The number of aliphatic hydroxyl groups is 1. The largest absolute Gasteiger partial charge is 0.483 e. The molecule has 2 amide bonds. The first-order valence-electron chi connectivity index (χ1n) is 13.1. The number of nitrogens with one attached hydrogen (secondary N) is 3. The number of halogens is 1. The van der Waals surface area contributed by atoms with Gasteiger partial charge in [0.15, 0.2) is 29.8 Å². The number of ether oxygens (including phenoxy) is 2. The molecule has 4 N–H and O–H groups in total. The minimum absolute atomic E-state index is 0.193. The summed E-state index contributed by atoms with van der Waals surface area (Å²) in [5, 5.41) is 23.3. The Hall–Kier alpha value is -4.95. The molecule has 1 aliphatic rings. The second-order valence-corrected chi connectivity index (χ2v) is 9.89. The van der Waals surface area contributed by atoms with Crippen molar-refractivity contribution in [3.63, 3.8) is 0 Å². The molecule has 15 nitrogen and oxygen atoms in total. The molecular weight excluding hydrogens is 580 g/mol. The molecule has 4 aromatic rings. The smallest absolute Gasteiger partial charge is 0.258 e. The summed E-state index contributed by atoms with van der Waals surface area (Å²) >= 11 is 6.24. The number of anilines is 1. The van der Waals surface area contributed by atoms with Crippen LogP contribution >= 0.6 is 11.6 Å². The summed E-state index contributed by atoms with van der Waals surface area (Å²) in [7, 11) is 1.41. The highest BCUT2D eigenvalue weighted by molar-refractivity contribution is 6.30. The van der Waals surface area contributed by atoms with Crippen LogP contribution in [0.1, 0.15) is 17.4 Å². The van der Waals surface area contributed by atoms with Crippen LogP contribution in [-0.4, -0.2) is 68.3 Å². The number of likely N-dealkylation sites (N-methyl/N-ethyl adjacent to an activating group) is 1. The fraction of sp³-hybridized carbons (Fsp3) is 0.296. The van der Waals surface area contributed by atoms with Gasteiger partial charge in [-0.2, -0.15) is 0 Å². The Morgan fingerprint density at radius 2 is 2.00 bits per heavy atom. The number of aromatic nitrogens is 4. The number of hydrogen-bond donors (Lipinski definition) is 4. The maximum absolute atomic E-state index is 12.4. The Bertz CT molecular complexity index is 1660. The molecule has 1 saturated heterocycles. The maximum atomic E-state index is 12.4. The van der Waals surface area contributed by atoms with E-state index in [4.69, 9.17) is 26.6 Å². The van der Waals surface area contributed by atoms with Crippen molar-refractivity contribution >= 4 is 40.4 Å². The number of nitrogens with zero attached hydrogens (tertiary/aromatic N) is 7. The summed E-state index contributed by atoms with van der Waals surface area (Å²) in [5.74, 6) is -0.0152. The number of imidazole rings is 1. The molecule has 0 aliphatic carbocycles. The lowest BCUT2D eigenvalue weighted by Crippen LogP contribution is -2.40. The predicted molar refractivity (Wildman–Crippen MR) is 155 cm³/mol. The van der Waals surface area contributed by atoms with E-state index in [1.165, 1.54) is 24.3 Å². The first-order valence-corrected chi connectivity index (χ1v) is 13.5. The molecule has 43 heavy (non-hydrogen) atoms. The van der Waals surface area contributed by atoms with Crippen molar-refractivity contribution in [1.29, 1.82) is 0 Å². The van der Waals surface area contributed by atoms with Crippen LogP contribution < -0.4 is 20.7 Å². The number of rotatable bonds is 11. The Morgan fingerprint density at radius 3 is 2.77 bits per heavy atom. The SMILES string of the molecule is CNC(=O)[C@H]1O[C@@H](n2cnc3c(NCc4cc(Cl)ccc4OCC(=O)NCc4ccccc4)ncnc32)[C@H](O)[C@@H]1N=[N+]=[N-]. The highest BCUT2D eigenvalue weighted by atomic mass is 35.5. The first-order chi connectivity index (χ1) is 20.9. The molecule has 4 atom stereocenters. The van der Waals surface area contributed by atoms with Crippen molar-refractivity contribution in [2.45, 2.75) is 37.6 Å². The predicted octanol–water partition coefficient (Wildman–Crippen LogP) is 2.47. The van der Waals surface area contributed by atoms with Crippen molar-refractivity contribution in [2.75, 3.05) is 19.0 Å². The highest BCUT2D eigenvalue weighted by Gasteiger charge is 2.48. The fourth-order valence-corrected chi connectivity index (χ4v) is 4.80. The van der Waals surface area contributed by atoms with Gasteiger partial charge < -0.3 is 30.5 Å². The van der Waals surface area contributed by atoms with Gasteiger partial charge in [-0.3, -0.25) is 14.2 Å². The topological polar surface area (TPSA) is 201 Å². The second kappa shape index (κ2) is 13.4. The van der Waals surface area contributed by atoms with Crippen LogP contribution in [0.15, 0.2) is 66.3 Å². The van der Waals surface area contributed by atoms with Crippen molar-refractivity contribution in [3.8, 4) is 5.75 Å². The van der Waals surface area contributed by atoms with E-state index < -0.39 is 30.4 Å². The van der Waals surface area contributed by atoms with Crippen LogP contribution in [-0.2, 0) is 27.4 Å². The number of azide groups is 1. The molecule has 2 aromatic carbocycles. The second-order valence-electron chi connectivity index (χ2n) is 9.45. The van der Waals surface area contributed by atoms with E-state index in [9.17, 15) is 14.7 Å². The first kappa shape index (κ1) is 29.5. The zero-order valence-corrected chi connectivity index (χ0v) is 23.5. The third-order valence-corrected chi connectivity index (χ3v) is 6.96. The van der Waals surface area contributed by atoms with E-state index >= 15 is 0 Å². The summed E-state index contributed by atoms with van der Waals surface area (Å²) < 4.78 is 13.0. The monoisotopic (exact) mass is 606 g/mol. The average Bonchev–Trinajstić information content (AvgIpc) is 3.60. The fourth-order valence-electron chi connectivity index (χ4n) is 4.60. The minimum Gasteiger partial charge on any atom is -0.483 e. The van der Waals surface area contributed by atoms with Gasteiger partial charge >= 0.3 is 0 Å². The van der Waals surface area contributed by atoms with Crippen molar-refractivity contribution < 1.29 is 24.2 Å². The zero-order chi connectivity index (χ0) is 30.3. The van der Waals surface area contributed by atoms with Gasteiger partial charge in [-0.25, -0.2) is 15.0 Å². The molecule has 2 aromatic heterocycles. The van der Waals surface area contributed by atoms with Gasteiger partial charge in [0.05, 0.1) is 6.33 Å². The van der Waals surface area contributed by atoms with Gasteiger partial charge in [0.1, 0.15) is 30.3 Å². The number of amides is 2. The molecule has 0 unspecified atom stereocenters. The molecule has 5 rings (SSSR count). The van der Waals surface area contributed by atoms with Gasteiger partial charge in [-0.15, -0.1) is 0 Å². The van der Waals surface area contributed by atoms with Gasteiger partial charge in [0, 0.05) is 35.6 Å². The third-order valence-electron chi connectivity index (χ3n) is 6.72. The van der Waals surface area contributed by atoms with Crippen LogP contribution in [0.5, 0.6) is 5.75 Å². The summed E-state index contributed by atoms with van der Waals surface area (Å²) in [5.41, 5.74) is 11.2. The van der Waals surface area contributed by atoms with E-state index in [0.29, 0.717) is 39.9 Å². The molecule has 222 valence electrons. The van der Waals surface area contributed by atoms with E-state index in [2.05, 4.69) is 40.9 Å². The molecular formula is C27H27ClN10O5. The lowest BCUT2D eigenvalue weighted by atomic mass is 10.1. The molecule has 0 radical (unpaired) electrons. The van der Waals surface area contributed by atoms with Crippen LogP contribution in [0, 0.1) is 0 Å². The summed E-state index contributed by atoms with van der Waals surface area (Å²) in [4.78, 5) is 40.4. The summed E-state index contributed by atoms with van der Waals surface area (Å²) in [6, 6.07) is 13.4. The van der Waals surface area contributed by atoms with Crippen molar-refractivity contribution in [3.05, 3.63) is 87.8 Å². The Morgan fingerprint density at radius 1 is 1.19 bits per heavy atom. The van der Waals surface area contributed by atoms with Gasteiger partial charge in [-0.05, 0) is 29.3 Å². The lowest BCUT2D eigenvalue weighted by molar-refractivity contribution is -0.134. The summed E-state index contributed by atoms with van der Waals surface area (Å²) in [6.07, 6.45) is -0.971. The highest BCUT2D eigenvalue weighted by Crippen LogP contribution is 2.34. The zero-order valence-electron chi connectivity index (χ0n) is 22.8. The summed E-state index contributed by atoms with van der Waals surface area (Å²) in [6.45, 7) is 0.401. The standard InChI is InChI=1S/C27H27ClN10O5/c1-30-26(41)23-20(36-37-29)22(40)27(43-23)38-14-35-21-24(33-13-34-25(21)38)32-11-16-9-17(28)7-8-18(16)42-12-19(39)31-10-15-5-3-2-4-6-15/h2-9,13-14,20,22-23,27,40H,10-12H2,1H3,(H,30,41)(H,31,39)(H,32,33,34)/t20-,22+,23-,27+/m0/s1. The molecule has 1 fully saturated rings. The van der Waals surface area contributed by atoms with Crippen LogP contribution in [0.3, 0.4) is 0 Å². The maximum Gasteiger partial charge on any atom is 0.258 e. The van der Waals surface area contributed by atoms with E-state index in [0.717, 1.165) is 5.56 Å². The lowest BCUT2D eigenvalue weighted by Gasteiger charge is -2.17. The van der Waals surface area contributed by atoms with Crippen LogP contribution in [0.4, 0.5) is 5.82 Å². The number of carbonyl (C=O) groups is 2. The quantitative estimate of drug-likeness (QED) is 0.112. The number of hydrogen-bond acceptors (Lipinski definition) is 10. The molecule has 0 spiro atoms. The molecule has 0 bridgehead atoms. The van der Waals surface area contributed by atoms with E-state index in [1.807, 2.05) is 30.3 Å². The molecule has 16 heteroatoms. The Kier molecular flexibility index (Phi) is 9.17. The molecule has 1 aliphatic heterocycles. The van der Waals surface area contributed by atoms with Gasteiger partial charge in [-0.1, -0.05) is 47.0 Å². The number of fused-ring (bicyclic) bond motifs is 1. The number of aliphatic hydroxyl groups excluding tert-OH is 1. The van der Waals surface area contributed by atoms with E-state index in [-0.39, 0.29) is 19.1 Å². The van der Waals surface area contributed by atoms with Crippen molar-refractivity contribution in [2.24, 2.45) is 5.11 Å². The average molecular weight is 607 g/mol. The number of benzene rings is 2. The van der Waals surface area contributed by atoms with Crippen LogP contribution in [0.2, 0.25) is 5.02 Å². The Labute approximate surface area is 249 Å². The Balaban J connectivity index is 1.29. The third kappa shape index (κ3) is 6.60. The number of carbonyl (C=O) groups excluding carboxylic acids is 2. The minimum atomic E-state index is -1.35. The van der Waals surface area contributed by atoms with Crippen LogP contribution in [0.25, 0.3) is 21.6 Å². The van der Waals surface area contributed by atoms with Gasteiger partial charge in [0.2, 0.25) is 5.91 Å². The van der Waals surface area contributed by atoms with E-state index in [1.54, 1.807) is 18.2 Å². The molecule has 0 saturated carbocycles.